The Labute approximate surface area is 179 Å². The molecule has 1 heterocycles. The van der Waals surface area contributed by atoms with Crippen molar-refractivity contribution in [1.82, 2.24) is 14.9 Å². The number of methoxy groups -OCH3 is 4. The zero-order valence-electron chi connectivity index (χ0n) is 17.1. The molecule has 1 aromatic heterocycles. The molecule has 3 aromatic rings. The Kier molecular flexibility index (Phi) is 6.87. The highest BCUT2D eigenvalue weighted by Crippen LogP contribution is 2.40. The van der Waals surface area contributed by atoms with E-state index in [0.29, 0.717) is 33.4 Å². The lowest BCUT2D eigenvalue weighted by Crippen LogP contribution is -1.98. The van der Waals surface area contributed by atoms with Gasteiger partial charge in [-0.15, -0.1) is 0 Å². The molecule has 1 N–H and O–H groups in total. The largest absolute Gasteiger partial charge is 0.496 e. The van der Waals surface area contributed by atoms with Crippen molar-refractivity contribution in [2.45, 2.75) is 0 Å². The van der Waals surface area contributed by atoms with Crippen LogP contribution in [0.15, 0.2) is 47.6 Å². The summed E-state index contributed by atoms with van der Waals surface area (Å²) in [6.07, 6.45) is 5.32. The van der Waals surface area contributed by atoms with Crippen LogP contribution in [0.25, 0.3) is 17.5 Å². The zero-order valence-corrected chi connectivity index (χ0v) is 17.9. The molecule has 0 aliphatic heterocycles. The predicted octanol–water partition coefficient (Wildman–Crippen LogP) is 4.19. The van der Waals surface area contributed by atoms with Gasteiger partial charge in [0.2, 0.25) is 10.5 Å². The number of aromatic amines is 1. The van der Waals surface area contributed by atoms with Gasteiger partial charge in [0.05, 0.1) is 28.4 Å². The Hall–Kier alpha value is -3.59. The van der Waals surface area contributed by atoms with Crippen molar-refractivity contribution in [3.63, 3.8) is 0 Å². The van der Waals surface area contributed by atoms with E-state index in [1.165, 1.54) is 4.68 Å². The van der Waals surface area contributed by atoms with Crippen LogP contribution in [-0.2, 0) is 0 Å². The Balaban J connectivity index is 1.95. The average Bonchev–Trinajstić information content (AvgIpc) is 3.16. The standard InChI is InChI=1S/C21H22N4O4S/c1-26-16-10-6-5-8-14(16)9-7-11-22-25-20(23-24-21(25)30)15-12-17(27-2)19(29-4)18(13-15)28-3/h5-13H,1-4H3,(H,24,30)/b9-7+,22-11-. The number of H-pyrrole nitrogens is 1. The number of benzene rings is 2. The number of allylic oxidation sites excluding steroid dienone is 1. The van der Waals surface area contributed by atoms with Crippen molar-refractivity contribution in [1.29, 1.82) is 0 Å². The van der Waals surface area contributed by atoms with Gasteiger partial charge in [-0.1, -0.05) is 18.2 Å². The molecule has 2 aromatic carbocycles. The van der Waals surface area contributed by atoms with Crippen molar-refractivity contribution in [2.24, 2.45) is 5.10 Å². The van der Waals surface area contributed by atoms with E-state index in [-0.39, 0.29) is 0 Å². The van der Waals surface area contributed by atoms with Crippen LogP contribution in [0.2, 0.25) is 0 Å². The molecule has 0 bridgehead atoms. The molecule has 3 rings (SSSR count). The molecule has 0 spiro atoms. The van der Waals surface area contributed by atoms with Crippen molar-refractivity contribution in [3.05, 3.63) is 52.8 Å². The van der Waals surface area contributed by atoms with Crippen molar-refractivity contribution >= 4 is 24.5 Å². The zero-order chi connectivity index (χ0) is 21.5. The molecule has 0 saturated heterocycles. The Morgan fingerprint density at radius 2 is 1.63 bits per heavy atom. The molecule has 0 radical (unpaired) electrons. The second kappa shape index (κ2) is 9.75. The van der Waals surface area contributed by atoms with Crippen LogP contribution < -0.4 is 18.9 Å². The molecule has 0 fully saturated rings. The average molecular weight is 426 g/mol. The lowest BCUT2D eigenvalue weighted by atomic mass is 10.1. The predicted molar refractivity (Wildman–Crippen MR) is 118 cm³/mol. The van der Waals surface area contributed by atoms with Crippen LogP contribution in [0.3, 0.4) is 0 Å². The maximum absolute atomic E-state index is 5.42. The van der Waals surface area contributed by atoms with E-state index >= 15 is 0 Å². The minimum Gasteiger partial charge on any atom is -0.496 e. The van der Waals surface area contributed by atoms with Crippen LogP contribution >= 0.6 is 12.2 Å². The number of ether oxygens (including phenoxy) is 4. The van der Waals surface area contributed by atoms with E-state index in [0.717, 1.165) is 11.3 Å². The molecule has 0 atom stereocenters. The van der Waals surface area contributed by atoms with Gasteiger partial charge in [-0.3, -0.25) is 0 Å². The van der Waals surface area contributed by atoms with Gasteiger partial charge >= 0.3 is 0 Å². The third-order valence-corrected chi connectivity index (χ3v) is 4.52. The number of hydrogen-bond donors (Lipinski definition) is 1. The first-order chi connectivity index (χ1) is 14.6. The van der Waals surface area contributed by atoms with Crippen LogP contribution in [0, 0.1) is 4.77 Å². The highest BCUT2D eigenvalue weighted by molar-refractivity contribution is 7.71. The van der Waals surface area contributed by atoms with E-state index in [4.69, 9.17) is 31.2 Å². The number of hydrogen-bond acceptors (Lipinski definition) is 7. The van der Waals surface area contributed by atoms with E-state index < -0.39 is 0 Å². The van der Waals surface area contributed by atoms with E-state index in [2.05, 4.69) is 15.3 Å². The second-order valence-electron chi connectivity index (χ2n) is 5.94. The highest BCUT2D eigenvalue weighted by atomic mass is 32.1. The van der Waals surface area contributed by atoms with Crippen LogP contribution in [0.4, 0.5) is 0 Å². The monoisotopic (exact) mass is 426 g/mol. The van der Waals surface area contributed by atoms with E-state index in [1.54, 1.807) is 52.9 Å². The summed E-state index contributed by atoms with van der Waals surface area (Å²) in [5.41, 5.74) is 1.63. The molecule has 8 nitrogen and oxygen atoms in total. The van der Waals surface area contributed by atoms with Crippen LogP contribution in [0.1, 0.15) is 5.56 Å². The molecular weight excluding hydrogens is 404 g/mol. The lowest BCUT2D eigenvalue weighted by molar-refractivity contribution is 0.324. The summed E-state index contributed by atoms with van der Waals surface area (Å²) < 4.78 is 23.4. The summed E-state index contributed by atoms with van der Waals surface area (Å²) >= 11 is 5.33. The van der Waals surface area contributed by atoms with Gasteiger partial charge in [0.15, 0.2) is 17.3 Å². The highest BCUT2D eigenvalue weighted by Gasteiger charge is 2.17. The number of rotatable bonds is 8. The normalized spacial score (nSPS) is 11.2. The topological polar surface area (TPSA) is 82.9 Å². The fraction of sp³-hybridized carbons (Fsp3) is 0.190. The smallest absolute Gasteiger partial charge is 0.216 e. The van der Waals surface area contributed by atoms with Gasteiger partial charge in [0, 0.05) is 17.3 Å². The Morgan fingerprint density at radius 1 is 0.967 bits per heavy atom. The molecular formula is C21H22N4O4S. The molecule has 0 amide bonds. The summed E-state index contributed by atoms with van der Waals surface area (Å²) in [5.74, 6) is 2.79. The SMILES string of the molecule is COc1ccccc1/C=C/C=N\n1c(-c2cc(OC)c(OC)c(OC)c2)n[nH]c1=S. The van der Waals surface area contributed by atoms with Gasteiger partial charge in [-0.2, -0.15) is 14.9 Å². The first-order valence-electron chi connectivity index (χ1n) is 8.94. The third-order valence-electron chi connectivity index (χ3n) is 4.26. The number of para-hydroxylation sites is 1. The van der Waals surface area contributed by atoms with Crippen molar-refractivity contribution < 1.29 is 18.9 Å². The molecule has 9 heteroatoms. The van der Waals surface area contributed by atoms with Gasteiger partial charge < -0.3 is 18.9 Å². The van der Waals surface area contributed by atoms with Gasteiger partial charge in [-0.25, -0.2) is 5.10 Å². The fourth-order valence-corrected chi connectivity index (χ4v) is 3.03. The third kappa shape index (κ3) is 4.36. The van der Waals surface area contributed by atoms with E-state index in [1.807, 2.05) is 30.3 Å². The van der Waals surface area contributed by atoms with Crippen molar-refractivity contribution in [2.75, 3.05) is 28.4 Å². The second-order valence-corrected chi connectivity index (χ2v) is 6.33. The summed E-state index contributed by atoms with van der Waals surface area (Å²) in [6, 6.07) is 11.3. The van der Waals surface area contributed by atoms with Gasteiger partial charge in [0.1, 0.15) is 5.75 Å². The van der Waals surface area contributed by atoms with Gasteiger partial charge in [0.25, 0.3) is 0 Å². The fourth-order valence-electron chi connectivity index (χ4n) is 2.85. The summed E-state index contributed by atoms with van der Waals surface area (Å²) in [5, 5.41) is 11.5. The number of nitrogens with one attached hydrogen (secondary N) is 1. The molecule has 30 heavy (non-hydrogen) atoms. The minimum absolute atomic E-state index is 0.348. The van der Waals surface area contributed by atoms with Crippen LogP contribution in [0.5, 0.6) is 23.0 Å². The summed E-state index contributed by atoms with van der Waals surface area (Å²) in [6.45, 7) is 0. The number of nitrogens with zero attached hydrogens (tertiary/aromatic N) is 3. The molecule has 0 aliphatic carbocycles. The maximum Gasteiger partial charge on any atom is 0.216 e. The van der Waals surface area contributed by atoms with Gasteiger partial charge in [-0.05, 0) is 42.6 Å². The lowest BCUT2D eigenvalue weighted by Gasteiger charge is -2.13. The molecule has 156 valence electrons. The summed E-state index contributed by atoms with van der Waals surface area (Å²) in [4.78, 5) is 0. The molecule has 0 unspecified atom stereocenters. The molecule has 0 saturated carbocycles. The molecule has 0 aliphatic rings. The summed E-state index contributed by atoms with van der Waals surface area (Å²) in [7, 11) is 6.29. The Bertz CT molecular complexity index is 1110. The number of aromatic nitrogens is 3. The van der Waals surface area contributed by atoms with Crippen molar-refractivity contribution in [3.8, 4) is 34.4 Å². The first kappa shape index (κ1) is 21.1. The van der Waals surface area contributed by atoms with Crippen LogP contribution in [-0.4, -0.2) is 49.5 Å². The maximum atomic E-state index is 5.42. The first-order valence-corrected chi connectivity index (χ1v) is 9.35. The van der Waals surface area contributed by atoms with E-state index in [9.17, 15) is 0 Å². The quantitative estimate of drug-likeness (QED) is 0.430. The Morgan fingerprint density at radius 3 is 2.27 bits per heavy atom. The minimum atomic E-state index is 0.348.